The van der Waals surface area contributed by atoms with E-state index in [0.29, 0.717) is 6.04 Å². The van der Waals surface area contributed by atoms with Crippen LogP contribution in [0.25, 0.3) is 0 Å². The zero-order chi connectivity index (χ0) is 13.3. The van der Waals surface area contributed by atoms with Gasteiger partial charge in [-0.1, -0.05) is 6.58 Å². The number of hydrogen-bond acceptors (Lipinski definition) is 5. The average molecular weight is 258 g/mol. The van der Waals surface area contributed by atoms with Crippen LogP contribution in [0, 0.1) is 0 Å². The van der Waals surface area contributed by atoms with Crippen molar-refractivity contribution in [3.05, 3.63) is 12.7 Å². The summed E-state index contributed by atoms with van der Waals surface area (Å²) >= 11 is 0. The molecule has 0 saturated heterocycles. The van der Waals surface area contributed by atoms with Crippen LogP contribution in [0.15, 0.2) is 12.7 Å². The van der Waals surface area contributed by atoms with Gasteiger partial charge < -0.3 is 14.3 Å². The Bertz CT molecular complexity index is 230. The average Bonchev–Trinajstić information content (AvgIpc) is 3.12. The minimum absolute atomic E-state index is 0.386. The van der Waals surface area contributed by atoms with E-state index in [9.17, 15) is 9.90 Å². The standard InChI is InChI=1S/C9H15NO3.C2H5OSi/c1-3-8(12)13-9(6(2)11)10-7-4-5-7;1-2-3-4/h3,6-7,9-11H,1,4-5H2,2H3;2H2,1H3. The molecular formula is C11H20NO4Si. The van der Waals surface area contributed by atoms with Crippen molar-refractivity contribution in [1.29, 1.82) is 0 Å². The SMILES string of the molecule is C=CC(=O)OC(NC1CC1)C(C)O.CCO[Si]. The third-order valence-corrected chi connectivity index (χ3v) is 2.26. The maximum Gasteiger partial charge on any atom is 0.331 e. The van der Waals surface area contributed by atoms with Gasteiger partial charge in [-0.25, -0.2) is 4.79 Å². The number of carbonyl (C=O) groups is 1. The Balaban J connectivity index is 0.000000557. The van der Waals surface area contributed by atoms with E-state index in [0.717, 1.165) is 25.5 Å². The Morgan fingerprint density at radius 1 is 1.71 bits per heavy atom. The van der Waals surface area contributed by atoms with Crippen molar-refractivity contribution in [2.45, 2.75) is 45.1 Å². The van der Waals surface area contributed by atoms with Gasteiger partial charge in [0, 0.05) is 18.7 Å². The van der Waals surface area contributed by atoms with Crippen LogP contribution in [-0.2, 0) is 14.0 Å². The summed E-state index contributed by atoms with van der Waals surface area (Å²) in [5.41, 5.74) is 0. The molecule has 0 amide bonds. The zero-order valence-electron chi connectivity index (χ0n) is 10.3. The maximum atomic E-state index is 10.8. The molecule has 2 atom stereocenters. The summed E-state index contributed by atoms with van der Waals surface area (Å²) in [6, 6.07) is 0.386. The number of esters is 1. The predicted molar refractivity (Wildman–Crippen MR) is 65.3 cm³/mol. The Hall–Kier alpha value is -0.693. The molecule has 0 spiro atoms. The minimum atomic E-state index is -0.704. The Labute approximate surface area is 106 Å². The molecule has 17 heavy (non-hydrogen) atoms. The fourth-order valence-electron chi connectivity index (χ4n) is 0.927. The van der Waals surface area contributed by atoms with E-state index in [1.54, 1.807) is 6.92 Å². The normalized spacial score (nSPS) is 17.4. The highest BCUT2D eigenvalue weighted by molar-refractivity contribution is 5.97. The molecule has 2 N–H and O–H groups in total. The van der Waals surface area contributed by atoms with Crippen LogP contribution in [0.3, 0.4) is 0 Å². The van der Waals surface area contributed by atoms with E-state index in [2.05, 4.69) is 26.8 Å². The first-order chi connectivity index (χ1) is 8.04. The minimum Gasteiger partial charge on any atom is -0.441 e. The molecular weight excluding hydrogens is 238 g/mol. The Morgan fingerprint density at radius 2 is 2.24 bits per heavy atom. The predicted octanol–water partition coefficient (Wildman–Crippen LogP) is 0.281. The van der Waals surface area contributed by atoms with E-state index in [1.165, 1.54) is 0 Å². The molecule has 0 aromatic carbocycles. The molecule has 0 heterocycles. The van der Waals surface area contributed by atoms with Crippen molar-refractivity contribution < 1.29 is 19.1 Å². The van der Waals surface area contributed by atoms with E-state index < -0.39 is 18.3 Å². The van der Waals surface area contributed by atoms with Crippen LogP contribution in [0.4, 0.5) is 0 Å². The summed E-state index contributed by atoms with van der Waals surface area (Å²) < 4.78 is 9.24. The van der Waals surface area contributed by atoms with E-state index in [1.807, 2.05) is 6.92 Å². The van der Waals surface area contributed by atoms with Gasteiger partial charge in [0.2, 0.25) is 10.5 Å². The molecule has 0 bridgehead atoms. The van der Waals surface area contributed by atoms with Crippen molar-refractivity contribution in [3.63, 3.8) is 0 Å². The highest BCUT2D eigenvalue weighted by Crippen LogP contribution is 2.20. The van der Waals surface area contributed by atoms with Crippen LogP contribution < -0.4 is 5.32 Å². The van der Waals surface area contributed by atoms with Crippen LogP contribution in [0.5, 0.6) is 0 Å². The summed E-state index contributed by atoms with van der Waals surface area (Å²) in [6.07, 6.45) is 1.93. The molecule has 97 valence electrons. The molecule has 1 aliphatic carbocycles. The first-order valence-electron chi connectivity index (χ1n) is 5.60. The number of nitrogens with one attached hydrogen (secondary N) is 1. The largest absolute Gasteiger partial charge is 0.441 e. The molecule has 0 aliphatic heterocycles. The quantitative estimate of drug-likeness (QED) is 0.310. The molecule has 1 fully saturated rings. The summed E-state index contributed by atoms with van der Waals surface area (Å²) in [5.74, 6) is -0.515. The van der Waals surface area contributed by atoms with Gasteiger partial charge >= 0.3 is 5.97 Å². The highest BCUT2D eigenvalue weighted by Gasteiger charge is 2.28. The van der Waals surface area contributed by atoms with Crippen molar-refractivity contribution in [1.82, 2.24) is 5.32 Å². The second-order valence-electron chi connectivity index (χ2n) is 3.68. The molecule has 5 nitrogen and oxygen atoms in total. The number of aliphatic hydroxyl groups is 1. The lowest BCUT2D eigenvalue weighted by molar-refractivity contribution is -0.150. The number of rotatable bonds is 6. The third kappa shape index (κ3) is 9.05. The van der Waals surface area contributed by atoms with Crippen LogP contribution >= 0.6 is 0 Å². The Morgan fingerprint density at radius 3 is 2.53 bits per heavy atom. The Kier molecular flexibility index (Phi) is 8.97. The first kappa shape index (κ1) is 16.3. The van der Waals surface area contributed by atoms with Crippen LogP contribution in [0.2, 0.25) is 0 Å². The second kappa shape index (κ2) is 9.35. The summed E-state index contributed by atoms with van der Waals surface area (Å²) in [6.45, 7) is 7.51. The van der Waals surface area contributed by atoms with Crippen LogP contribution in [-0.4, -0.2) is 46.5 Å². The number of ether oxygens (including phenoxy) is 1. The summed E-state index contributed by atoms with van der Waals surface area (Å²) in [5, 5.41) is 12.3. The molecule has 3 radical (unpaired) electrons. The summed E-state index contributed by atoms with van der Waals surface area (Å²) in [4.78, 5) is 10.8. The smallest absolute Gasteiger partial charge is 0.331 e. The number of aliphatic hydroxyl groups excluding tert-OH is 1. The van der Waals surface area contributed by atoms with Crippen molar-refractivity contribution in [3.8, 4) is 0 Å². The summed E-state index contributed by atoms with van der Waals surface area (Å²) in [7, 11) is 2.79. The van der Waals surface area contributed by atoms with E-state index in [-0.39, 0.29) is 0 Å². The lowest BCUT2D eigenvalue weighted by Crippen LogP contribution is -2.42. The van der Waals surface area contributed by atoms with Gasteiger partial charge in [0.25, 0.3) is 0 Å². The molecule has 2 unspecified atom stereocenters. The third-order valence-electron chi connectivity index (χ3n) is 1.97. The fourth-order valence-corrected chi connectivity index (χ4v) is 0.927. The van der Waals surface area contributed by atoms with E-state index in [4.69, 9.17) is 4.74 Å². The molecule has 6 heteroatoms. The molecule has 1 aliphatic rings. The maximum absolute atomic E-state index is 10.8. The topological polar surface area (TPSA) is 67.8 Å². The lowest BCUT2D eigenvalue weighted by atomic mass is 10.3. The zero-order valence-corrected chi connectivity index (χ0v) is 11.3. The van der Waals surface area contributed by atoms with Crippen molar-refractivity contribution in [2.75, 3.05) is 6.61 Å². The van der Waals surface area contributed by atoms with Gasteiger partial charge in [0.15, 0.2) is 6.23 Å². The second-order valence-corrected chi connectivity index (χ2v) is 3.96. The van der Waals surface area contributed by atoms with Gasteiger partial charge in [-0.2, -0.15) is 0 Å². The fraction of sp³-hybridized carbons (Fsp3) is 0.727. The molecule has 1 saturated carbocycles. The van der Waals surface area contributed by atoms with Crippen molar-refractivity contribution >= 4 is 16.5 Å². The van der Waals surface area contributed by atoms with Crippen LogP contribution in [0.1, 0.15) is 26.7 Å². The van der Waals surface area contributed by atoms with Gasteiger partial charge in [-0.15, -0.1) is 0 Å². The van der Waals surface area contributed by atoms with Gasteiger partial charge in [-0.05, 0) is 26.7 Å². The molecule has 1 rings (SSSR count). The van der Waals surface area contributed by atoms with E-state index >= 15 is 0 Å². The van der Waals surface area contributed by atoms with Gasteiger partial charge in [0.05, 0.1) is 0 Å². The molecule has 0 aromatic rings. The number of hydrogen-bond donors (Lipinski definition) is 2. The first-order valence-corrected chi connectivity index (χ1v) is 6.01. The number of carbonyl (C=O) groups excluding carboxylic acids is 1. The van der Waals surface area contributed by atoms with Crippen molar-refractivity contribution in [2.24, 2.45) is 0 Å². The highest BCUT2D eigenvalue weighted by atomic mass is 28.2. The lowest BCUT2D eigenvalue weighted by Gasteiger charge is -2.20. The van der Waals surface area contributed by atoms with Gasteiger partial charge in [0.1, 0.15) is 6.10 Å². The van der Waals surface area contributed by atoms with Gasteiger partial charge in [-0.3, -0.25) is 5.32 Å². The monoisotopic (exact) mass is 258 g/mol. The molecule has 0 aromatic heterocycles.